The van der Waals surface area contributed by atoms with E-state index in [0.29, 0.717) is 29.0 Å². The van der Waals surface area contributed by atoms with Crippen LogP contribution >= 0.6 is 11.6 Å². The highest BCUT2D eigenvalue weighted by Crippen LogP contribution is 2.52. The zero-order chi connectivity index (χ0) is 14.2. The number of hydrogen-bond donors (Lipinski definition) is 0. The Morgan fingerprint density at radius 1 is 1.45 bits per heavy atom. The van der Waals surface area contributed by atoms with Crippen molar-refractivity contribution < 1.29 is 14.3 Å². The van der Waals surface area contributed by atoms with Gasteiger partial charge in [-0.15, -0.1) is 0 Å². The molecule has 106 valence electrons. The number of rotatable bonds is 6. The van der Waals surface area contributed by atoms with Crippen LogP contribution in [0.3, 0.4) is 0 Å². The van der Waals surface area contributed by atoms with Crippen molar-refractivity contribution in [3.05, 3.63) is 22.7 Å². The highest BCUT2D eigenvalue weighted by Gasteiger charge is 2.45. The fourth-order valence-electron chi connectivity index (χ4n) is 2.29. The first-order valence-electron chi connectivity index (χ1n) is 6.78. The highest BCUT2D eigenvalue weighted by atomic mass is 35.5. The molecule has 0 aliphatic heterocycles. The first-order valence-corrected chi connectivity index (χ1v) is 7.16. The zero-order valence-electron chi connectivity index (χ0n) is 11.3. The van der Waals surface area contributed by atoms with Gasteiger partial charge >= 0.3 is 0 Å². The molecule has 4 nitrogen and oxygen atoms in total. The summed E-state index contributed by atoms with van der Waals surface area (Å²) in [5, 5.41) is 0.507. The number of methoxy groups -OCH3 is 1. The van der Waals surface area contributed by atoms with Gasteiger partial charge in [-0.25, -0.2) is 4.79 Å². The van der Waals surface area contributed by atoms with E-state index in [1.165, 1.54) is 12.8 Å². The van der Waals surface area contributed by atoms with E-state index in [0.717, 1.165) is 18.4 Å². The molecule has 3 rings (SSSR count). The van der Waals surface area contributed by atoms with Crippen molar-refractivity contribution in [1.29, 1.82) is 0 Å². The van der Waals surface area contributed by atoms with E-state index in [9.17, 15) is 4.79 Å². The molecular weight excluding hydrogens is 278 g/mol. The van der Waals surface area contributed by atoms with Crippen molar-refractivity contribution in [2.75, 3.05) is 13.7 Å². The summed E-state index contributed by atoms with van der Waals surface area (Å²) in [6.07, 6.45) is 5.76. The Balaban J connectivity index is 1.90. The third-order valence-corrected chi connectivity index (χ3v) is 4.19. The SMILES string of the molecule is COc1cc(C2(N=C=O)CC2)cc(Cl)c1OCC1CC1. The van der Waals surface area contributed by atoms with E-state index < -0.39 is 5.54 Å². The van der Waals surface area contributed by atoms with E-state index in [1.807, 2.05) is 12.1 Å². The van der Waals surface area contributed by atoms with Crippen LogP contribution in [-0.4, -0.2) is 19.8 Å². The van der Waals surface area contributed by atoms with Crippen LogP contribution in [0.15, 0.2) is 17.1 Å². The van der Waals surface area contributed by atoms with E-state index >= 15 is 0 Å². The minimum atomic E-state index is -0.451. The van der Waals surface area contributed by atoms with Gasteiger partial charge in [0.2, 0.25) is 6.08 Å². The van der Waals surface area contributed by atoms with Crippen LogP contribution < -0.4 is 9.47 Å². The van der Waals surface area contributed by atoms with E-state index in [2.05, 4.69) is 4.99 Å². The van der Waals surface area contributed by atoms with Crippen LogP contribution in [-0.2, 0) is 10.3 Å². The molecule has 2 aliphatic rings. The van der Waals surface area contributed by atoms with Crippen molar-refractivity contribution in [3.8, 4) is 11.5 Å². The van der Waals surface area contributed by atoms with Gasteiger partial charge in [0.1, 0.15) is 0 Å². The van der Waals surface area contributed by atoms with Crippen LogP contribution in [0.1, 0.15) is 31.2 Å². The summed E-state index contributed by atoms with van der Waals surface area (Å²) >= 11 is 6.31. The largest absolute Gasteiger partial charge is 0.493 e. The second kappa shape index (κ2) is 5.12. The van der Waals surface area contributed by atoms with Gasteiger partial charge in [-0.05, 0) is 49.3 Å². The molecule has 0 bridgehead atoms. The maximum Gasteiger partial charge on any atom is 0.235 e. The Morgan fingerprint density at radius 3 is 2.75 bits per heavy atom. The fourth-order valence-corrected chi connectivity index (χ4v) is 2.55. The monoisotopic (exact) mass is 293 g/mol. The first kappa shape index (κ1) is 13.5. The lowest BCUT2D eigenvalue weighted by molar-refractivity contribution is 0.280. The van der Waals surface area contributed by atoms with Gasteiger partial charge in [-0.2, -0.15) is 4.99 Å². The average Bonchev–Trinajstić information content (AvgIpc) is 3.32. The number of ether oxygens (including phenoxy) is 2. The summed E-state index contributed by atoms with van der Waals surface area (Å²) < 4.78 is 11.1. The lowest BCUT2D eigenvalue weighted by Gasteiger charge is -2.16. The lowest BCUT2D eigenvalue weighted by Crippen LogP contribution is -2.06. The van der Waals surface area contributed by atoms with Gasteiger partial charge in [0.25, 0.3) is 0 Å². The summed E-state index contributed by atoms with van der Waals surface area (Å²) in [5.74, 6) is 1.82. The fraction of sp³-hybridized carbons (Fsp3) is 0.533. The highest BCUT2D eigenvalue weighted by molar-refractivity contribution is 6.32. The molecule has 1 aromatic rings. The van der Waals surface area contributed by atoms with Gasteiger partial charge in [0.05, 0.1) is 24.3 Å². The molecule has 0 radical (unpaired) electrons. The minimum Gasteiger partial charge on any atom is -0.493 e. The molecule has 0 N–H and O–H groups in total. The Morgan fingerprint density at radius 2 is 2.20 bits per heavy atom. The number of aliphatic imine (C=N–C) groups is 1. The van der Waals surface area contributed by atoms with Crippen molar-refractivity contribution in [1.82, 2.24) is 0 Å². The Hall–Kier alpha value is -1.51. The van der Waals surface area contributed by atoms with Crippen LogP contribution in [0.25, 0.3) is 0 Å². The summed E-state index contributed by atoms with van der Waals surface area (Å²) in [6, 6.07) is 3.68. The molecule has 0 saturated heterocycles. The molecule has 0 amide bonds. The van der Waals surface area contributed by atoms with Crippen LogP contribution in [0.4, 0.5) is 0 Å². The summed E-state index contributed by atoms with van der Waals surface area (Å²) in [5.41, 5.74) is 0.440. The predicted octanol–water partition coefficient (Wildman–Crippen LogP) is 3.46. The molecule has 5 heteroatoms. The van der Waals surface area contributed by atoms with Gasteiger partial charge in [0, 0.05) is 0 Å². The van der Waals surface area contributed by atoms with Crippen LogP contribution in [0.2, 0.25) is 5.02 Å². The first-order chi connectivity index (χ1) is 9.68. The zero-order valence-corrected chi connectivity index (χ0v) is 12.1. The number of halogens is 1. The van der Waals surface area contributed by atoms with Crippen LogP contribution in [0.5, 0.6) is 11.5 Å². The normalized spacial score (nSPS) is 19.1. The van der Waals surface area contributed by atoms with Gasteiger partial charge in [-0.3, -0.25) is 0 Å². The van der Waals surface area contributed by atoms with Crippen molar-refractivity contribution in [3.63, 3.8) is 0 Å². The summed E-state index contributed by atoms with van der Waals surface area (Å²) in [6.45, 7) is 0.674. The lowest BCUT2D eigenvalue weighted by atomic mass is 10.0. The number of hydrogen-bond acceptors (Lipinski definition) is 4. The molecule has 0 spiro atoms. The van der Waals surface area contributed by atoms with Gasteiger partial charge in [0.15, 0.2) is 11.5 Å². The number of carbonyl (C=O) groups excluding carboxylic acids is 1. The second-order valence-electron chi connectivity index (χ2n) is 5.48. The summed E-state index contributed by atoms with van der Waals surface area (Å²) in [4.78, 5) is 14.5. The Kier molecular flexibility index (Phi) is 3.45. The standard InChI is InChI=1S/C15H16ClNO3/c1-19-13-7-11(15(4-5-15)17-9-18)6-12(16)14(13)20-8-10-2-3-10/h6-7,10H,2-5,8H2,1H3. The smallest absolute Gasteiger partial charge is 0.235 e. The molecule has 0 atom stereocenters. The van der Waals surface area contributed by atoms with Crippen molar-refractivity contribution in [2.24, 2.45) is 10.9 Å². The maximum atomic E-state index is 10.5. The molecule has 1 aromatic carbocycles. The summed E-state index contributed by atoms with van der Waals surface area (Å²) in [7, 11) is 1.59. The number of benzene rings is 1. The van der Waals surface area contributed by atoms with Crippen molar-refractivity contribution >= 4 is 17.7 Å². The molecule has 0 unspecified atom stereocenters. The maximum absolute atomic E-state index is 10.5. The van der Waals surface area contributed by atoms with E-state index in [1.54, 1.807) is 13.2 Å². The van der Waals surface area contributed by atoms with E-state index in [4.69, 9.17) is 21.1 Å². The Labute approximate surface area is 122 Å². The molecule has 2 aliphatic carbocycles. The van der Waals surface area contributed by atoms with E-state index in [-0.39, 0.29) is 0 Å². The third-order valence-electron chi connectivity index (χ3n) is 3.91. The quantitative estimate of drug-likeness (QED) is 0.596. The molecular formula is C15H16ClNO3. The second-order valence-corrected chi connectivity index (χ2v) is 5.89. The molecule has 2 fully saturated rings. The van der Waals surface area contributed by atoms with Gasteiger partial charge in [-0.1, -0.05) is 11.6 Å². The Bertz CT molecular complexity index is 573. The van der Waals surface area contributed by atoms with Gasteiger partial charge < -0.3 is 9.47 Å². The third kappa shape index (κ3) is 2.54. The van der Waals surface area contributed by atoms with Crippen LogP contribution in [0, 0.1) is 5.92 Å². The number of isocyanates is 1. The average molecular weight is 294 g/mol. The number of nitrogens with zero attached hydrogens (tertiary/aromatic N) is 1. The molecule has 2 saturated carbocycles. The topological polar surface area (TPSA) is 47.9 Å². The predicted molar refractivity (Wildman–Crippen MR) is 75.3 cm³/mol. The molecule has 0 heterocycles. The minimum absolute atomic E-state index is 0.451. The van der Waals surface area contributed by atoms with Crippen molar-refractivity contribution in [2.45, 2.75) is 31.2 Å². The molecule has 0 aromatic heterocycles. The molecule has 20 heavy (non-hydrogen) atoms.